The summed E-state index contributed by atoms with van der Waals surface area (Å²) in [5, 5.41) is 8.52. The largest absolute Gasteiger partial charge is 0.351 e. The number of amides is 1. The summed E-state index contributed by atoms with van der Waals surface area (Å²) in [7, 11) is -2.09. The van der Waals surface area contributed by atoms with Gasteiger partial charge in [0.2, 0.25) is 15.9 Å². The van der Waals surface area contributed by atoms with E-state index >= 15 is 0 Å². The van der Waals surface area contributed by atoms with Crippen LogP contribution < -0.4 is 10.0 Å². The minimum absolute atomic E-state index is 0.101. The maximum Gasteiger partial charge on any atom is 0.249 e. The number of hydrogen-bond donors (Lipinski definition) is 2. The van der Waals surface area contributed by atoms with Crippen molar-refractivity contribution in [1.82, 2.24) is 24.6 Å². The molecule has 10 heteroatoms. The molecular formula is C21H23N5O3S2. The summed E-state index contributed by atoms with van der Waals surface area (Å²) in [6.07, 6.45) is 0.856. The summed E-state index contributed by atoms with van der Waals surface area (Å²) in [5.74, 6) is -0.101. The zero-order chi connectivity index (χ0) is 22.2. The Morgan fingerprint density at radius 3 is 2.71 bits per heavy atom. The number of benzene rings is 1. The second kappa shape index (κ2) is 8.37. The van der Waals surface area contributed by atoms with E-state index in [1.54, 1.807) is 12.1 Å². The van der Waals surface area contributed by atoms with Gasteiger partial charge in [-0.3, -0.25) is 4.79 Å². The normalized spacial score (nSPS) is 12.0. The van der Waals surface area contributed by atoms with E-state index in [1.165, 1.54) is 7.05 Å². The van der Waals surface area contributed by atoms with Gasteiger partial charge in [0.1, 0.15) is 4.21 Å². The topological polar surface area (TPSA) is 105 Å². The monoisotopic (exact) mass is 457 g/mol. The van der Waals surface area contributed by atoms with E-state index in [2.05, 4.69) is 15.1 Å². The predicted octanol–water partition coefficient (Wildman–Crippen LogP) is 2.72. The molecule has 0 aliphatic heterocycles. The highest BCUT2D eigenvalue weighted by atomic mass is 32.2. The van der Waals surface area contributed by atoms with Crippen LogP contribution in [-0.4, -0.2) is 36.0 Å². The van der Waals surface area contributed by atoms with Crippen molar-refractivity contribution in [2.24, 2.45) is 0 Å². The molecule has 0 radical (unpaired) electrons. The maximum atomic E-state index is 12.4. The van der Waals surface area contributed by atoms with Gasteiger partial charge < -0.3 is 5.32 Å². The molecule has 31 heavy (non-hydrogen) atoms. The molecule has 0 aliphatic rings. The summed E-state index contributed by atoms with van der Waals surface area (Å²) in [4.78, 5) is 17.9. The highest BCUT2D eigenvalue weighted by Gasteiger charge is 2.16. The molecule has 0 fully saturated rings. The van der Waals surface area contributed by atoms with Gasteiger partial charge in [0.05, 0.1) is 12.1 Å². The van der Waals surface area contributed by atoms with Gasteiger partial charge in [0.15, 0.2) is 5.65 Å². The van der Waals surface area contributed by atoms with Crippen molar-refractivity contribution < 1.29 is 13.2 Å². The first kappa shape index (κ1) is 21.4. The number of rotatable bonds is 7. The van der Waals surface area contributed by atoms with Gasteiger partial charge in [-0.15, -0.1) is 11.3 Å². The number of carbonyl (C=O) groups excluding carboxylic acids is 1. The summed E-state index contributed by atoms with van der Waals surface area (Å²) in [5.41, 5.74) is 4.59. The molecule has 1 amide bonds. The van der Waals surface area contributed by atoms with Crippen LogP contribution in [0, 0.1) is 13.8 Å². The zero-order valence-corrected chi connectivity index (χ0v) is 19.1. The van der Waals surface area contributed by atoms with E-state index in [9.17, 15) is 13.2 Å². The number of fused-ring (bicyclic) bond motifs is 3. The fraction of sp³-hybridized carbons (Fsp3) is 0.286. The lowest BCUT2D eigenvalue weighted by Gasteiger charge is -2.11. The number of nitrogens with one attached hydrogen (secondary N) is 2. The third-order valence-corrected chi connectivity index (χ3v) is 8.24. The quantitative estimate of drug-likeness (QED) is 0.444. The van der Waals surface area contributed by atoms with Gasteiger partial charge in [-0.05, 0) is 57.1 Å². The van der Waals surface area contributed by atoms with Crippen molar-refractivity contribution in [3.05, 3.63) is 58.2 Å². The Morgan fingerprint density at radius 1 is 1.16 bits per heavy atom. The first-order valence-corrected chi connectivity index (χ1v) is 12.1. The maximum absolute atomic E-state index is 12.4. The third kappa shape index (κ3) is 4.18. The zero-order valence-electron chi connectivity index (χ0n) is 17.5. The van der Waals surface area contributed by atoms with Crippen LogP contribution in [0.1, 0.15) is 28.2 Å². The molecule has 4 aromatic rings. The van der Waals surface area contributed by atoms with E-state index < -0.39 is 10.0 Å². The van der Waals surface area contributed by atoms with Gasteiger partial charge in [-0.1, -0.05) is 12.1 Å². The van der Waals surface area contributed by atoms with Gasteiger partial charge >= 0.3 is 0 Å². The van der Waals surface area contributed by atoms with Crippen LogP contribution >= 0.6 is 11.3 Å². The Kier molecular flexibility index (Phi) is 5.78. The Morgan fingerprint density at radius 2 is 1.94 bits per heavy atom. The molecule has 162 valence electrons. The average Bonchev–Trinajstić information content (AvgIpc) is 3.38. The number of aromatic nitrogens is 3. The highest BCUT2D eigenvalue weighted by molar-refractivity contribution is 7.91. The molecule has 0 saturated carbocycles. The molecule has 8 nitrogen and oxygen atoms in total. The van der Waals surface area contributed by atoms with Crippen LogP contribution in [0.25, 0.3) is 16.6 Å². The number of carbonyl (C=O) groups is 1. The lowest BCUT2D eigenvalue weighted by molar-refractivity contribution is -0.121. The van der Waals surface area contributed by atoms with Crippen LogP contribution in [0.3, 0.4) is 0 Å². The molecule has 0 unspecified atom stereocenters. The van der Waals surface area contributed by atoms with Gasteiger partial charge in [-0.2, -0.15) is 5.10 Å². The molecule has 0 atom stereocenters. The summed E-state index contributed by atoms with van der Waals surface area (Å²) in [6.45, 7) is 4.25. The summed E-state index contributed by atoms with van der Waals surface area (Å²) >= 11 is 1.14. The minimum Gasteiger partial charge on any atom is -0.351 e. The number of nitrogens with zero attached hydrogens (tertiary/aromatic N) is 3. The number of hydrogen-bond acceptors (Lipinski definition) is 6. The van der Waals surface area contributed by atoms with Crippen LogP contribution in [0.4, 0.5) is 0 Å². The molecule has 0 aliphatic carbocycles. The number of sulfonamides is 1. The van der Waals surface area contributed by atoms with Crippen molar-refractivity contribution in [2.75, 3.05) is 7.05 Å². The molecule has 0 saturated heterocycles. The predicted molar refractivity (Wildman–Crippen MR) is 121 cm³/mol. The fourth-order valence-electron chi connectivity index (χ4n) is 3.55. The Labute approximate surface area is 184 Å². The van der Waals surface area contributed by atoms with Crippen molar-refractivity contribution in [3.8, 4) is 0 Å². The second-order valence-corrected chi connectivity index (χ2v) is 10.5. The number of aryl methyl sites for hydroxylation is 2. The molecule has 1 aromatic carbocycles. The first-order valence-electron chi connectivity index (χ1n) is 9.82. The highest BCUT2D eigenvalue weighted by Crippen LogP contribution is 2.23. The van der Waals surface area contributed by atoms with E-state index in [-0.39, 0.29) is 10.1 Å². The van der Waals surface area contributed by atoms with E-state index in [0.29, 0.717) is 19.4 Å². The Balaban J connectivity index is 1.44. The lowest BCUT2D eigenvalue weighted by atomic mass is 10.1. The smallest absolute Gasteiger partial charge is 0.249 e. The standard InChI is InChI=1S/C21H23N5O3S2/c1-13-16(14(2)26-21(24-13)17-6-4-5-7-18(17)25-26)9-10-19(27)23-12-15-8-11-20(30-15)31(28,29)22-3/h4-8,11,22H,9-10,12H2,1-3H3,(H,23,27). The summed E-state index contributed by atoms with van der Waals surface area (Å²) < 4.78 is 28.0. The van der Waals surface area contributed by atoms with E-state index in [0.717, 1.165) is 49.7 Å². The van der Waals surface area contributed by atoms with Crippen LogP contribution in [-0.2, 0) is 27.8 Å². The molecule has 3 heterocycles. The number of thiophene rings is 1. The Bertz CT molecular complexity index is 1390. The fourth-order valence-corrected chi connectivity index (χ4v) is 5.68. The van der Waals surface area contributed by atoms with Gasteiger partial charge in [0, 0.05) is 28.1 Å². The van der Waals surface area contributed by atoms with Crippen molar-refractivity contribution >= 4 is 43.8 Å². The van der Waals surface area contributed by atoms with Crippen molar-refractivity contribution in [1.29, 1.82) is 0 Å². The summed E-state index contributed by atoms with van der Waals surface area (Å²) in [6, 6.07) is 11.1. The van der Waals surface area contributed by atoms with Gasteiger partial charge in [0.25, 0.3) is 0 Å². The van der Waals surface area contributed by atoms with Crippen LogP contribution in [0.2, 0.25) is 0 Å². The van der Waals surface area contributed by atoms with Crippen molar-refractivity contribution in [2.45, 2.75) is 37.4 Å². The SMILES string of the molecule is CNS(=O)(=O)c1ccc(CNC(=O)CCc2c(C)nc3c4ccccc4nn3c2C)s1. The minimum atomic E-state index is -3.46. The molecular weight excluding hydrogens is 434 g/mol. The van der Waals surface area contributed by atoms with Crippen LogP contribution in [0.15, 0.2) is 40.6 Å². The molecule has 0 spiro atoms. The lowest BCUT2D eigenvalue weighted by Crippen LogP contribution is -2.23. The molecule has 4 rings (SSSR count). The molecule has 3 aromatic heterocycles. The van der Waals surface area contributed by atoms with Gasteiger partial charge in [-0.25, -0.2) is 22.6 Å². The molecule has 0 bridgehead atoms. The van der Waals surface area contributed by atoms with Crippen LogP contribution in [0.5, 0.6) is 0 Å². The average molecular weight is 458 g/mol. The van der Waals surface area contributed by atoms with E-state index in [1.807, 2.05) is 42.6 Å². The Hall–Kier alpha value is -2.82. The van der Waals surface area contributed by atoms with Crippen molar-refractivity contribution in [3.63, 3.8) is 0 Å². The molecule has 2 N–H and O–H groups in total. The second-order valence-electron chi connectivity index (χ2n) is 7.22. The third-order valence-electron chi connectivity index (χ3n) is 5.25. The first-order chi connectivity index (χ1) is 14.8. The van der Waals surface area contributed by atoms with E-state index in [4.69, 9.17) is 4.98 Å².